The number of halogens is 3. The van der Waals surface area contributed by atoms with Crippen LogP contribution in [0, 0.1) is 6.92 Å². The lowest BCUT2D eigenvalue weighted by Gasteiger charge is -2.29. The van der Waals surface area contributed by atoms with Crippen molar-refractivity contribution in [1.29, 1.82) is 0 Å². The quantitative estimate of drug-likeness (QED) is 0.764. The summed E-state index contributed by atoms with van der Waals surface area (Å²) in [5.74, 6) is 0.770. The van der Waals surface area contributed by atoms with Crippen LogP contribution in [0.2, 0.25) is 0 Å². The Morgan fingerprint density at radius 1 is 1.12 bits per heavy atom. The summed E-state index contributed by atoms with van der Waals surface area (Å²) in [6, 6.07) is 10.5. The van der Waals surface area contributed by atoms with Crippen molar-refractivity contribution < 1.29 is 13.2 Å². The highest BCUT2D eigenvalue weighted by Crippen LogP contribution is 2.40. The predicted octanol–water partition coefficient (Wildman–Crippen LogP) is 4.64. The number of alkyl halides is 3. The van der Waals surface area contributed by atoms with Crippen molar-refractivity contribution in [1.82, 2.24) is 4.98 Å². The van der Waals surface area contributed by atoms with E-state index in [2.05, 4.69) is 33.9 Å². The van der Waals surface area contributed by atoms with Crippen LogP contribution in [0.25, 0.3) is 0 Å². The first kappa shape index (κ1) is 17.0. The fourth-order valence-corrected chi connectivity index (χ4v) is 3.96. The zero-order valence-corrected chi connectivity index (χ0v) is 14.7. The summed E-state index contributed by atoms with van der Waals surface area (Å²) in [4.78, 5) is 12.0. The van der Waals surface area contributed by atoms with Gasteiger partial charge in [0.15, 0.2) is 0 Å². The largest absolute Gasteiger partial charge is 0.433 e. The minimum absolute atomic E-state index is 0.535. The van der Waals surface area contributed by atoms with E-state index in [1.54, 1.807) is 18.1 Å². The summed E-state index contributed by atoms with van der Waals surface area (Å²) >= 11 is 1.66. The Bertz CT molecular complexity index is 890. The van der Waals surface area contributed by atoms with Gasteiger partial charge in [0, 0.05) is 5.69 Å². The van der Waals surface area contributed by atoms with Crippen molar-refractivity contribution in [2.24, 2.45) is 4.99 Å². The molecule has 2 aliphatic heterocycles. The fraction of sp³-hybridized carbons (Fsp3) is 0.222. The fourth-order valence-electron chi connectivity index (χ4n) is 2.95. The second-order valence-electron chi connectivity index (χ2n) is 6.01. The number of benzene rings is 1. The average molecular weight is 376 g/mol. The Labute approximate surface area is 153 Å². The van der Waals surface area contributed by atoms with E-state index in [4.69, 9.17) is 0 Å². The van der Waals surface area contributed by atoms with Gasteiger partial charge in [0.05, 0.1) is 36.3 Å². The smallest absolute Gasteiger partial charge is 0.331 e. The summed E-state index contributed by atoms with van der Waals surface area (Å²) in [5.41, 5.74) is 3.02. The topological polar surface area (TPSA) is 31.7 Å². The van der Waals surface area contributed by atoms with Gasteiger partial charge in [-0.2, -0.15) is 13.2 Å². The molecule has 0 N–H and O–H groups in total. The lowest BCUT2D eigenvalue weighted by molar-refractivity contribution is -0.141. The van der Waals surface area contributed by atoms with Gasteiger partial charge in [-0.1, -0.05) is 30.0 Å². The molecule has 0 saturated carbocycles. The predicted molar refractivity (Wildman–Crippen MR) is 98.2 cm³/mol. The number of nitrogens with zero attached hydrogens (tertiary/aromatic N) is 4. The molecule has 4 rings (SSSR count). The normalized spacial score (nSPS) is 17.1. The van der Waals surface area contributed by atoms with Crippen molar-refractivity contribution in [2.75, 3.05) is 22.2 Å². The summed E-state index contributed by atoms with van der Waals surface area (Å²) < 4.78 is 38.1. The van der Waals surface area contributed by atoms with E-state index in [1.165, 1.54) is 17.8 Å². The van der Waals surface area contributed by atoms with Crippen LogP contribution in [0.3, 0.4) is 0 Å². The lowest BCUT2D eigenvalue weighted by Crippen LogP contribution is -2.33. The van der Waals surface area contributed by atoms with Gasteiger partial charge in [-0.3, -0.25) is 0 Å². The van der Waals surface area contributed by atoms with E-state index in [0.717, 1.165) is 28.4 Å². The Morgan fingerprint density at radius 2 is 1.92 bits per heavy atom. The molecule has 0 radical (unpaired) electrons. The first-order chi connectivity index (χ1) is 12.4. The van der Waals surface area contributed by atoms with Gasteiger partial charge in [0.25, 0.3) is 0 Å². The molecule has 0 unspecified atom stereocenters. The third-order valence-corrected chi connectivity index (χ3v) is 5.32. The van der Waals surface area contributed by atoms with Crippen molar-refractivity contribution in [3.05, 3.63) is 64.6 Å². The molecule has 0 bridgehead atoms. The number of hydrogen-bond donors (Lipinski definition) is 0. The Morgan fingerprint density at radius 3 is 2.62 bits per heavy atom. The maximum Gasteiger partial charge on any atom is 0.433 e. The summed E-state index contributed by atoms with van der Waals surface area (Å²) in [7, 11) is 0. The molecular formula is C18H15F3N4S. The van der Waals surface area contributed by atoms with Gasteiger partial charge in [0.2, 0.25) is 0 Å². The number of anilines is 2. The van der Waals surface area contributed by atoms with Gasteiger partial charge >= 0.3 is 6.18 Å². The van der Waals surface area contributed by atoms with Gasteiger partial charge in [0.1, 0.15) is 10.7 Å². The molecule has 4 nitrogen and oxygen atoms in total. The van der Waals surface area contributed by atoms with Crippen LogP contribution >= 0.6 is 11.8 Å². The summed E-state index contributed by atoms with van der Waals surface area (Å²) in [5, 5.41) is 0.948. The highest BCUT2D eigenvalue weighted by Gasteiger charge is 2.33. The van der Waals surface area contributed by atoms with Gasteiger partial charge < -0.3 is 9.80 Å². The van der Waals surface area contributed by atoms with Crippen LogP contribution in [-0.4, -0.2) is 23.7 Å². The van der Waals surface area contributed by atoms with Gasteiger partial charge in [-0.25, -0.2) is 9.98 Å². The van der Waals surface area contributed by atoms with Crippen molar-refractivity contribution in [3.63, 3.8) is 0 Å². The van der Waals surface area contributed by atoms with Crippen molar-refractivity contribution in [2.45, 2.75) is 13.1 Å². The Kier molecular flexibility index (Phi) is 4.14. The molecular weight excluding hydrogens is 361 g/mol. The van der Waals surface area contributed by atoms with Gasteiger partial charge in [-0.15, -0.1) is 0 Å². The molecule has 2 aliphatic rings. The molecule has 0 saturated heterocycles. The average Bonchev–Trinajstić information content (AvgIpc) is 3.04. The monoisotopic (exact) mass is 376 g/mol. The molecule has 1 aromatic carbocycles. The second kappa shape index (κ2) is 6.35. The molecule has 0 spiro atoms. The van der Waals surface area contributed by atoms with E-state index in [1.807, 2.05) is 17.0 Å². The van der Waals surface area contributed by atoms with Crippen LogP contribution in [0.1, 0.15) is 11.3 Å². The molecule has 0 amide bonds. The summed E-state index contributed by atoms with van der Waals surface area (Å²) in [6.07, 6.45) is -1.55. The van der Waals surface area contributed by atoms with E-state index in [9.17, 15) is 13.2 Å². The van der Waals surface area contributed by atoms with Gasteiger partial charge in [-0.05, 0) is 30.7 Å². The first-order valence-electron chi connectivity index (χ1n) is 7.97. The van der Waals surface area contributed by atoms with E-state index in [0.29, 0.717) is 12.2 Å². The molecule has 134 valence electrons. The minimum atomic E-state index is -4.44. The molecule has 8 heteroatoms. The van der Waals surface area contributed by atoms with E-state index in [-0.39, 0.29) is 0 Å². The van der Waals surface area contributed by atoms with Crippen LogP contribution < -0.4 is 9.80 Å². The third kappa shape index (κ3) is 3.05. The molecule has 2 aromatic rings. The highest BCUT2D eigenvalue weighted by molar-refractivity contribution is 8.03. The third-order valence-electron chi connectivity index (χ3n) is 4.31. The lowest BCUT2D eigenvalue weighted by atomic mass is 10.1. The molecule has 1 aromatic heterocycles. The van der Waals surface area contributed by atoms with Crippen molar-refractivity contribution in [3.8, 4) is 0 Å². The zero-order valence-electron chi connectivity index (χ0n) is 13.9. The Hall–Kier alpha value is -2.48. The maximum absolute atomic E-state index is 12.7. The standard InChI is InChI=1S/C18H15F3N4S/c1-12-4-2-3-5-14(12)25-11-26-17-15(25)9-24(10-23-17)13-6-7-16(22-8-13)18(19,20)21/h2-8,10H,9,11H2,1H3. The molecule has 0 atom stereocenters. The number of pyridine rings is 1. The Balaban J connectivity index is 1.59. The van der Waals surface area contributed by atoms with E-state index < -0.39 is 11.9 Å². The number of hydrogen-bond acceptors (Lipinski definition) is 5. The number of aryl methyl sites for hydroxylation is 1. The molecule has 0 aliphatic carbocycles. The minimum Gasteiger partial charge on any atom is -0.331 e. The SMILES string of the molecule is Cc1ccccc1N1CSC2=C1CN(c1ccc(C(F)(F)F)nc1)C=N2. The van der Waals surface area contributed by atoms with Crippen LogP contribution in [0.15, 0.2) is 58.3 Å². The molecule has 3 heterocycles. The first-order valence-corrected chi connectivity index (χ1v) is 8.95. The highest BCUT2D eigenvalue weighted by atomic mass is 32.2. The van der Waals surface area contributed by atoms with Crippen molar-refractivity contribution >= 4 is 29.5 Å². The number of aromatic nitrogens is 1. The molecule has 0 fully saturated rings. The zero-order chi connectivity index (χ0) is 18.3. The second-order valence-corrected chi connectivity index (χ2v) is 6.95. The number of rotatable bonds is 2. The van der Waals surface area contributed by atoms with Crippen LogP contribution in [-0.2, 0) is 6.18 Å². The number of thioether (sulfide) groups is 1. The molecule has 26 heavy (non-hydrogen) atoms. The maximum atomic E-state index is 12.7. The van der Waals surface area contributed by atoms with Crippen LogP contribution in [0.5, 0.6) is 0 Å². The summed E-state index contributed by atoms with van der Waals surface area (Å²) in [6.45, 7) is 2.59. The number of aliphatic imine (C=N–C) groups is 1. The number of para-hydroxylation sites is 1. The van der Waals surface area contributed by atoms with E-state index >= 15 is 0 Å². The van der Waals surface area contributed by atoms with Crippen LogP contribution in [0.4, 0.5) is 24.5 Å².